The van der Waals surface area contributed by atoms with Gasteiger partial charge in [-0.3, -0.25) is 4.79 Å². The fourth-order valence-electron chi connectivity index (χ4n) is 2.36. The Labute approximate surface area is 83.9 Å². The zero-order valence-electron chi connectivity index (χ0n) is 9.13. The lowest BCUT2D eigenvalue weighted by molar-refractivity contribution is -0.173. The summed E-state index contributed by atoms with van der Waals surface area (Å²) in [5.41, 5.74) is -0.933. The van der Waals surface area contributed by atoms with Crippen LogP contribution < -0.4 is 0 Å². The van der Waals surface area contributed by atoms with Crippen molar-refractivity contribution in [2.24, 2.45) is 5.41 Å². The third-order valence-electron chi connectivity index (χ3n) is 3.05. The second-order valence-electron chi connectivity index (χ2n) is 4.93. The number of carbonyl (C=O) groups excluding carboxylic acids is 1. The van der Waals surface area contributed by atoms with Crippen molar-refractivity contribution in [1.82, 2.24) is 4.90 Å². The minimum Gasteiger partial charge on any atom is -0.479 e. The van der Waals surface area contributed by atoms with Crippen molar-refractivity contribution in [2.45, 2.75) is 39.2 Å². The molecule has 0 aromatic carbocycles. The van der Waals surface area contributed by atoms with Gasteiger partial charge in [-0.2, -0.15) is 0 Å². The van der Waals surface area contributed by atoms with Crippen LogP contribution in [0.1, 0.15) is 33.6 Å². The van der Waals surface area contributed by atoms with E-state index in [4.69, 9.17) is 5.11 Å². The highest BCUT2D eigenvalue weighted by molar-refractivity contribution is 5.87. The van der Waals surface area contributed by atoms with Crippen LogP contribution in [0.3, 0.4) is 0 Å². The summed E-state index contributed by atoms with van der Waals surface area (Å²) in [5.74, 6) is -1.09. The first-order valence-electron chi connectivity index (χ1n) is 4.69. The molecule has 1 amide bonds. The summed E-state index contributed by atoms with van der Waals surface area (Å²) in [6.07, 6.45) is 1.07. The lowest BCUT2D eigenvalue weighted by Crippen LogP contribution is -2.65. The van der Waals surface area contributed by atoms with E-state index in [2.05, 4.69) is 0 Å². The molecule has 0 heterocycles. The summed E-state index contributed by atoms with van der Waals surface area (Å²) < 4.78 is 0. The zero-order valence-corrected chi connectivity index (χ0v) is 9.13. The van der Waals surface area contributed by atoms with E-state index in [0.717, 1.165) is 0 Å². The Kier molecular flexibility index (Phi) is 2.34. The highest BCUT2D eigenvalue weighted by atomic mass is 16.4. The van der Waals surface area contributed by atoms with E-state index in [1.165, 1.54) is 11.8 Å². The number of hydrogen-bond donors (Lipinski definition) is 1. The number of nitrogens with zero attached hydrogens (tertiary/aromatic N) is 1. The zero-order chi connectivity index (χ0) is 11.1. The topological polar surface area (TPSA) is 57.6 Å². The fraction of sp³-hybridized carbons (Fsp3) is 0.800. The Morgan fingerprint density at radius 1 is 1.29 bits per heavy atom. The van der Waals surface area contributed by atoms with Gasteiger partial charge in [-0.05, 0) is 18.3 Å². The number of rotatable bonds is 2. The van der Waals surface area contributed by atoms with E-state index in [1.807, 2.05) is 13.8 Å². The number of amides is 1. The molecule has 0 atom stereocenters. The number of aliphatic carboxylic acids is 1. The van der Waals surface area contributed by atoms with Gasteiger partial charge in [0.05, 0.1) is 0 Å². The smallest absolute Gasteiger partial charge is 0.329 e. The minimum atomic E-state index is -0.963. The van der Waals surface area contributed by atoms with Gasteiger partial charge in [-0.25, -0.2) is 4.79 Å². The van der Waals surface area contributed by atoms with Gasteiger partial charge in [0.15, 0.2) is 0 Å². The van der Waals surface area contributed by atoms with E-state index in [0.29, 0.717) is 12.8 Å². The van der Waals surface area contributed by atoms with Crippen molar-refractivity contribution in [3.8, 4) is 0 Å². The van der Waals surface area contributed by atoms with E-state index in [1.54, 1.807) is 7.05 Å². The molecule has 0 aromatic heterocycles. The van der Waals surface area contributed by atoms with Crippen LogP contribution in [-0.2, 0) is 9.59 Å². The summed E-state index contributed by atoms with van der Waals surface area (Å²) in [6, 6.07) is 0. The number of carbonyl (C=O) groups is 2. The predicted molar refractivity (Wildman–Crippen MR) is 51.8 cm³/mol. The molecule has 0 spiro atoms. The molecule has 1 aliphatic rings. The van der Waals surface area contributed by atoms with Crippen LogP contribution in [0.2, 0.25) is 0 Å². The Hall–Kier alpha value is -1.06. The largest absolute Gasteiger partial charge is 0.479 e. The number of hydrogen-bond acceptors (Lipinski definition) is 2. The highest BCUT2D eigenvalue weighted by Gasteiger charge is 2.58. The van der Waals surface area contributed by atoms with Gasteiger partial charge in [0, 0.05) is 14.0 Å². The van der Waals surface area contributed by atoms with E-state index in [9.17, 15) is 9.59 Å². The number of carboxylic acids is 1. The first kappa shape index (κ1) is 11.0. The Morgan fingerprint density at radius 3 is 1.93 bits per heavy atom. The SMILES string of the molecule is CC(=O)N(C)C1(C(=O)O)CC(C)(C)C1. The third-order valence-corrected chi connectivity index (χ3v) is 3.05. The van der Waals surface area contributed by atoms with Crippen molar-refractivity contribution in [3.63, 3.8) is 0 Å². The maximum absolute atomic E-state index is 11.2. The lowest BCUT2D eigenvalue weighted by Gasteiger charge is -2.54. The van der Waals surface area contributed by atoms with Crippen LogP contribution in [-0.4, -0.2) is 34.5 Å². The minimum absolute atomic E-state index is 0.0299. The fourth-order valence-corrected chi connectivity index (χ4v) is 2.36. The van der Waals surface area contributed by atoms with Crippen LogP contribution in [0.25, 0.3) is 0 Å². The third kappa shape index (κ3) is 1.49. The molecule has 0 aromatic rings. The first-order valence-corrected chi connectivity index (χ1v) is 4.69. The van der Waals surface area contributed by atoms with E-state index >= 15 is 0 Å². The molecule has 4 nitrogen and oxygen atoms in total. The normalized spacial score (nSPS) is 22.3. The van der Waals surface area contributed by atoms with Gasteiger partial charge < -0.3 is 10.0 Å². The molecule has 0 saturated heterocycles. The van der Waals surface area contributed by atoms with Gasteiger partial charge >= 0.3 is 5.97 Å². The molecule has 1 N–H and O–H groups in total. The Bertz CT molecular complexity index is 275. The second kappa shape index (κ2) is 2.97. The molecule has 1 saturated carbocycles. The molecule has 14 heavy (non-hydrogen) atoms. The molecule has 1 fully saturated rings. The van der Waals surface area contributed by atoms with Crippen molar-refractivity contribution >= 4 is 11.9 Å². The molecule has 1 aliphatic carbocycles. The Morgan fingerprint density at radius 2 is 1.71 bits per heavy atom. The highest BCUT2D eigenvalue weighted by Crippen LogP contribution is 2.50. The van der Waals surface area contributed by atoms with Crippen molar-refractivity contribution in [1.29, 1.82) is 0 Å². The van der Waals surface area contributed by atoms with Crippen LogP contribution in [0.5, 0.6) is 0 Å². The van der Waals surface area contributed by atoms with Gasteiger partial charge in [0.1, 0.15) is 5.54 Å². The molecular weight excluding hydrogens is 182 g/mol. The van der Waals surface area contributed by atoms with Crippen molar-refractivity contribution in [3.05, 3.63) is 0 Å². The van der Waals surface area contributed by atoms with E-state index in [-0.39, 0.29) is 11.3 Å². The van der Waals surface area contributed by atoms with Crippen LogP contribution in [0.4, 0.5) is 0 Å². The van der Waals surface area contributed by atoms with Crippen LogP contribution in [0, 0.1) is 5.41 Å². The second-order valence-corrected chi connectivity index (χ2v) is 4.93. The predicted octanol–water partition coefficient (Wildman–Crippen LogP) is 1.11. The molecule has 1 rings (SSSR count). The molecule has 0 bridgehead atoms. The number of likely N-dealkylation sites (N-methyl/N-ethyl adjacent to an activating group) is 1. The molecular formula is C10H17NO3. The molecule has 0 radical (unpaired) electrons. The van der Waals surface area contributed by atoms with Crippen molar-refractivity contribution < 1.29 is 14.7 Å². The molecule has 0 aliphatic heterocycles. The van der Waals surface area contributed by atoms with Gasteiger partial charge in [-0.1, -0.05) is 13.8 Å². The number of carboxylic acid groups (broad SMARTS) is 1. The van der Waals surface area contributed by atoms with Gasteiger partial charge in [0.25, 0.3) is 0 Å². The average Bonchev–Trinajstić information content (AvgIpc) is 1.97. The first-order chi connectivity index (χ1) is 6.21. The van der Waals surface area contributed by atoms with Gasteiger partial charge in [0.2, 0.25) is 5.91 Å². The molecule has 80 valence electrons. The quantitative estimate of drug-likeness (QED) is 0.724. The average molecular weight is 199 g/mol. The van der Waals surface area contributed by atoms with Crippen LogP contribution in [0.15, 0.2) is 0 Å². The maximum atomic E-state index is 11.2. The summed E-state index contributed by atoms with van der Waals surface area (Å²) in [5, 5.41) is 9.14. The standard InChI is InChI=1S/C10H17NO3/c1-7(12)11(4)10(8(13)14)5-9(2,3)6-10/h5-6H2,1-4H3,(H,13,14). The Balaban J connectivity index is 2.88. The molecule has 0 unspecified atom stereocenters. The van der Waals surface area contributed by atoms with Crippen molar-refractivity contribution in [2.75, 3.05) is 7.05 Å². The summed E-state index contributed by atoms with van der Waals surface area (Å²) in [7, 11) is 1.56. The van der Waals surface area contributed by atoms with E-state index < -0.39 is 11.5 Å². The summed E-state index contributed by atoms with van der Waals surface area (Å²) in [6.45, 7) is 5.43. The molecule has 4 heteroatoms. The summed E-state index contributed by atoms with van der Waals surface area (Å²) >= 11 is 0. The monoisotopic (exact) mass is 199 g/mol. The van der Waals surface area contributed by atoms with Gasteiger partial charge in [-0.15, -0.1) is 0 Å². The summed E-state index contributed by atoms with van der Waals surface area (Å²) in [4.78, 5) is 23.7. The lowest BCUT2D eigenvalue weighted by atomic mass is 9.58. The van der Waals surface area contributed by atoms with Crippen LogP contribution >= 0.6 is 0 Å². The maximum Gasteiger partial charge on any atom is 0.329 e.